The molecule has 1 N–H and O–H groups in total. The van der Waals surface area contributed by atoms with Crippen LogP contribution in [0.3, 0.4) is 0 Å². The first-order valence-corrected chi connectivity index (χ1v) is 9.90. The summed E-state index contributed by atoms with van der Waals surface area (Å²) < 4.78 is 0.346. The van der Waals surface area contributed by atoms with E-state index in [9.17, 15) is 5.26 Å². The van der Waals surface area contributed by atoms with Crippen LogP contribution in [-0.2, 0) is 0 Å². The van der Waals surface area contributed by atoms with E-state index in [0.29, 0.717) is 4.75 Å². The highest BCUT2D eigenvalue weighted by Crippen LogP contribution is 2.39. The van der Waals surface area contributed by atoms with Gasteiger partial charge in [-0.25, -0.2) is 0 Å². The summed E-state index contributed by atoms with van der Waals surface area (Å²) in [6, 6.07) is 8.51. The molecule has 1 aromatic rings. The van der Waals surface area contributed by atoms with Crippen LogP contribution in [0.2, 0.25) is 0 Å². The average Bonchev–Trinajstić information content (AvgIpc) is 2.54. The predicted octanol–water partition coefficient (Wildman–Crippen LogP) is 5.15. The predicted molar refractivity (Wildman–Crippen MR) is 95.4 cm³/mol. The molecule has 0 unspecified atom stereocenters. The fourth-order valence-corrected chi connectivity index (χ4v) is 4.67. The Bertz CT molecular complexity index is 502. The Hall–Kier alpha value is -0.790. The molecule has 1 aromatic carbocycles. The minimum atomic E-state index is 0.346. The number of nitrogens with zero attached hydrogens (tertiary/aromatic N) is 1. The van der Waals surface area contributed by atoms with E-state index in [0.717, 1.165) is 28.4 Å². The number of benzene rings is 1. The molecule has 1 aliphatic carbocycles. The Morgan fingerprint density at radius 1 is 1.29 bits per heavy atom. The summed E-state index contributed by atoms with van der Waals surface area (Å²) in [5.41, 5.74) is 1.80. The van der Waals surface area contributed by atoms with E-state index in [1.54, 1.807) is 11.8 Å². The van der Waals surface area contributed by atoms with Gasteiger partial charge in [-0.1, -0.05) is 32.3 Å². The quantitative estimate of drug-likeness (QED) is 0.735. The first-order valence-electron chi connectivity index (χ1n) is 7.69. The van der Waals surface area contributed by atoms with E-state index in [4.69, 9.17) is 0 Å². The summed E-state index contributed by atoms with van der Waals surface area (Å²) in [4.78, 5) is 1.09. The van der Waals surface area contributed by atoms with Crippen molar-refractivity contribution >= 4 is 29.2 Å². The Labute approximate surface area is 137 Å². The molecule has 0 atom stereocenters. The minimum absolute atomic E-state index is 0.346. The number of anilines is 1. The monoisotopic (exact) mass is 320 g/mol. The van der Waals surface area contributed by atoms with Gasteiger partial charge in [0.1, 0.15) is 6.07 Å². The molecule has 0 spiro atoms. The van der Waals surface area contributed by atoms with E-state index in [2.05, 4.69) is 24.6 Å². The molecule has 0 saturated heterocycles. The van der Waals surface area contributed by atoms with E-state index < -0.39 is 0 Å². The van der Waals surface area contributed by atoms with Crippen molar-refractivity contribution in [3.8, 4) is 6.07 Å². The lowest BCUT2D eigenvalue weighted by Crippen LogP contribution is -2.35. The fraction of sp³-hybridized carbons (Fsp3) is 0.588. The van der Waals surface area contributed by atoms with Crippen LogP contribution in [-0.4, -0.2) is 23.3 Å². The van der Waals surface area contributed by atoms with Crippen molar-refractivity contribution in [3.05, 3.63) is 23.8 Å². The second-order valence-corrected chi connectivity index (χ2v) is 8.11. The van der Waals surface area contributed by atoms with Crippen molar-refractivity contribution in [2.24, 2.45) is 0 Å². The van der Waals surface area contributed by atoms with Crippen LogP contribution in [0.5, 0.6) is 0 Å². The molecule has 114 valence electrons. The van der Waals surface area contributed by atoms with E-state index in [1.165, 1.54) is 32.1 Å². The standard InChI is InChI=1S/C17H24N2S2/c1-3-21-16-9-7-8-15(14(16)12-18)19-13-17(20-2)10-5-4-6-11-17/h7-9,19H,3-6,10-11,13H2,1-2H3. The largest absolute Gasteiger partial charge is 0.383 e. The van der Waals surface area contributed by atoms with Gasteiger partial charge in [-0.05, 0) is 37.0 Å². The lowest BCUT2D eigenvalue weighted by molar-refractivity contribution is 0.411. The molecule has 1 saturated carbocycles. The lowest BCUT2D eigenvalue weighted by atomic mass is 9.88. The molecule has 0 aromatic heterocycles. The molecular formula is C17H24N2S2. The molecule has 4 heteroatoms. The van der Waals surface area contributed by atoms with Crippen LogP contribution >= 0.6 is 23.5 Å². The zero-order valence-electron chi connectivity index (χ0n) is 12.9. The van der Waals surface area contributed by atoms with Crippen LogP contribution in [0.15, 0.2) is 23.1 Å². The van der Waals surface area contributed by atoms with Gasteiger partial charge in [0.2, 0.25) is 0 Å². The number of hydrogen-bond donors (Lipinski definition) is 1. The van der Waals surface area contributed by atoms with Crippen LogP contribution in [0.1, 0.15) is 44.6 Å². The summed E-state index contributed by atoms with van der Waals surface area (Å²) in [6.45, 7) is 3.08. The molecule has 21 heavy (non-hydrogen) atoms. The highest BCUT2D eigenvalue weighted by Gasteiger charge is 2.31. The Kier molecular flexibility index (Phi) is 6.32. The molecular weight excluding hydrogens is 296 g/mol. The van der Waals surface area contributed by atoms with Crippen molar-refractivity contribution in [2.45, 2.75) is 48.7 Å². The highest BCUT2D eigenvalue weighted by molar-refractivity contribution is 8.00. The second-order valence-electron chi connectivity index (χ2n) is 5.52. The zero-order valence-corrected chi connectivity index (χ0v) is 14.6. The molecule has 0 bridgehead atoms. The number of rotatable bonds is 6. The van der Waals surface area contributed by atoms with Crippen LogP contribution in [0, 0.1) is 11.3 Å². The Morgan fingerprint density at radius 3 is 2.67 bits per heavy atom. The van der Waals surface area contributed by atoms with Gasteiger partial charge >= 0.3 is 0 Å². The first-order chi connectivity index (χ1) is 10.2. The average molecular weight is 321 g/mol. The second kappa shape index (κ2) is 8.00. The van der Waals surface area contributed by atoms with Gasteiger partial charge in [0.15, 0.2) is 0 Å². The minimum Gasteiger partial charge on any atom is -0.383 e. The SMILES string of the molecule is CCSc1cccc(NCC2(SC)CCCCC2)c1C#N. The smallest absolute Gasteiger partial charge is 0.102 e. The third-order valence-corrected chi connectivity index (χ3v) is 6.60. The zero-order chi connectivity index (χ0) is 15.1. The normalized spacial score (nSPS) is 17.2. The van der Waals surface area contributed by atoms with Gasteiger partial charge < -0.3 is 5.32 Å². The van der Waals surface area contributed by atoms with Crippen molar-refractivity contribution in [3.63, 3.8) is 0 Å². The molecule has 1 aliphatic rings. The van der Waals surface area contributed by atoms with Gasteiger partial charge in [-0.15, -0.1) is 11.8 Å². The van der Waals surface area contributed by atoms with Crippen LogP contribution in [0.4, 0.5) is 5.69 Å². The Morgan fingerprint density at radius 2 is 2.05 bits per heavy atom. The summed E-state index contributed by atoms with van der Waals surface area (Å²) in [5, 5.41) is 13.0. The summed E-state index contributed by atoms with van der Waals surface area (Å²) in [6.07, 6.45) is 8.83. The van der Waals surface area contributed by atoms with Crippen molar-refractivity contribution in [1.29, 1.82) is 5.26 Å². The first kappa shape index (κ1) is 16.6. The van der Waals surface area contributed by atoms with Crippen molar-refractivity contribution in [2.75, 3.05) is 23.9 Å². The molecule has 2 rings (SSSR count). The van der Waals surface area contributed by atoms with Gasteiger partial charge in [-0.2, -0.15) is 17.0 Å². The topological polar surface area (TPSA) is 35.8 Å². The van der Waals surface area contributed by atoms with Gasteiger partial charge in [0, 0.05) is 16.2 Å². The summed E-state index contributed by atoms with van der Waals surface area (Å²) in [7, 11) is 0. The maximum absolute atomic E-state index is 9.48. The third-order valence-electron chi connectivity index (χ3n) is 4.24. The van der Waals surface area contributed by atoms with E-state index in [-0.39, 0.29) is 0 Å². The molecule has 2 nitrogen and oxygen atoms in total. The molecule has 0 amide bonds. The van der Waals surface area contributed by atoms with Gasteiger partial charge in [-0.3, -0.25) is 0 Å². The van der Waals surface area contributed by atoms with Crippen molar-refractivity contribution < 1.29 is 0 Å². The molecule has 0 aliphatic heterocycles. The lowest BCUT2D eigenvalue weighted by Gasteiger charge is -2.36. The van der Waals surface area contributed by atoms with Crippen LogP contribution in [0.25, 0.3) is 0 Å². The molecule has 1 fully saturated rings. The summed E-state index contributed by atoms with van der Waals surface area (Å²) >= 11 is 3.73. The van der Waals surface area contributed by atoms with Gasteiger partial charge in [0.25, 0.3) is 0 Å². The third kappa shape index (κ3) is 4.11. The number of nitrogens with one attached hydrogen (secondary N) is 1. The Balaban J connectivity index is 2.12. The van der Waals surface area contributed by atoms with Crippen LogP contribution < -0.4 is 5.32 Å². The number of hydrogen-bond acceptors (Lipinski definition) is 4. The molecule has 0 heterocycles. The van der Waals surface area contributed by atoms with Crippen molar-refractivity contribution in [1.82, 2.24) is 0 Å². The number of nitriles is 1. The number of thioether (sulfide) groups is 2. The molecule has 0 radical (unpaired) electrons. The van der Waals surface area contributed by atoms with E-state index in [1.807, 2.05) is 30.0 Å². The highest BCUT2D eigenvalue weighted by atomic mass is 32.2. The van der Waals surface area contributed by atoms with Gasteiger partial charge in [0.05, 0.1) is 11.3 Å². The summed E-state index contributed by atoms with van der Waals surface area (Å²) in [5.74, 6) is 0.993. The maximum Gasteiger partial charge on any atom is 0.102 e. The maximum atomic E-state index is 9.48. The fourth-order valence-electron chi connectivity index (χ4n) is 2.98. The van der Waals surface area contributed by atoms with E-state index >= 15 is 0 Å².